The minimum atomic E-state index is -3.11. The average Bonchev–Trinajstić information content (AvgIpc) is 2.33. The highest BCUT2D eigenvalue weighted by Crippen LogP contribution is 2.26. The van der Waals surface area contributed by atoms with E-state index < -0.39 is 38.9 Å². The van der Waals surface area contributed by atoms with Gasteiger partial charge in [-0.05, 0) is 0 Å². The van der Waals surface area contributed by atoms with Crippen LogP contribution in [0.5, 0.6) is 5.75 Å². The maximum absolute atomic E-state index is 13.2. The standard InChI is InChI=1S/C11H13F4NO3S/c1-20(17,18)5-3-16-2-4-19-11-9(14)7(12)6-8(13)10(11)15/h6,16H,2-5H2,1H3. The number of rotatable bonds is 7. The summed E-state index contributed by atoms with van der Waals surface area (Å²) < 4.78 is 78.2. The molecular formula is C11H13F4NO3S. The third kappa shape index (κ3) is 4.97. The molecule has 0 unspecified atom stereocenters. The Morgan fingerprint density at radius 2 is 1.65 bits per heavy atom. The largest absolute Gasteiger partial charge is 0.486 e. The number of hydrogen-bond donors (Lipinski definition) is 1. The van der Waals surface area contributed by atoms with Crippen molar-refractivity contribution in [3.8, 4) is 5.75 Å². The van der Waals surface area contributed by atoms with Crippen molar-refractivity contribution >= 4 is 9.84 Å². The topological polar surface area (TPSA) is 55.4 Å². The van der Waals surface area contributed by atoms with E-state index >= 15 is 0 Å². The van der Waals surface area contributed by atoms with Crippen LogP contribution in [0.15, 0.2) is 6.07 Å². The van der Waals surface area contributed by atoms with Crippen LogP contribution in [0, 0.1) is 23.3 Å². The van der Waals surface area contributed by atoms with Crippen LogP contribution < -0.4 is 10.1 Å². The second-order valence-corrected chi connectivity index (χ2v) is 6.29. The second kappa shape index (κ2) is 6.89. The van der Waals surface area contributed by atoms with Crippen molar-refractivity contribution in [1.29, 1.82) is 0 Å². The van der Waals surface area contributed by atoms with Gasteiger partial charge in [-0.15, -0.1) is 0 Å². The molecule has 0 heterocycles. The van der Waals surface area contributed by atoms with Gasteiger partial charge in [0.05, 0.1) is 5.75 Å². The molecule has 0 saturated carbocycles. The summed E-state index contributed by atoms with van der Waals surface area (Å²) >= 11 is 0. The fraction of sp³-hybridized carbons (Fsp3) is 0.455. The highest BCUT2D eigenvalue weighted by atomic mass is 32.2. The van der Waals surface area contributed by atoms with Gasteiger partial charge in [0.1, 0.15) is 16.4 Å². The monoisotopic (exact) mass is 315 g/mol. The third-order valence-corrected chi connectivity index (χ3v) is 3.19. The molecule has 9 heteroatoms. The average molecular weight is 315 g/mol. The summed E-state index contributed by atoms with van der Waals surface area (Å²) in [5, 5.41) is 2.64. The fourth-order valence-corrected chi connectivity index (χ4v) is 1.80. The molecule has 0 spiro atoms. The molecule has 0 bridgehead atoms. The quantitative estimate of drug-likeness (QED) is 0.467. The first-order valence-electron chi connectivity index (χ1n) is 5.56. The van der Waals surface area contributed by atoms with Gasteiger partial charge >= 0.3 is 0 Å². The molecule has 0 saturated heterocycles. The molecule has 0 fully saturated rings. The van der Waals surface area contributed by atoms with Crippen LogP contribution in [-0.2, 0) is 9.84 Å². The van der Waals surface area contributed by atoms with E-state index in [9.17, 15) is 26.0 Å². The Morgan fingerprint density at radius 3 is 2.15 bits per heavy atom. The van der Waals surface area contributed by atoms with Crippen molar-refractivity contribution in [2.75, 3.05) is 31.7 Å². The molecule has 0 aromatic heterocycles. The van der Waals surface area contributed by atoms with Gasteiger partial charge in [-0.25, -0.2) is 17.2 Å². The predicted octanol–water partition coefficient (Wildman–Crippen LogP) is 1.26. The highest BCUT2D eigenvalue weighted by Gasteiger charge is 2.20. The third-order valence-electron chi connectivity index (χ3n) is 2.25. The van der Waals surface area contributed by atoms with Crippen molar-refractivity contribution in [2.45, 2.75) is 0 Å². The van der Waals surface area contributed by atoms with Crippen molar-refractivity contribution in [2.24, 2.45) is 0 Å². The van der Waals surface area contributed by atoms with E-state index in [1.807, 2.05) is 0 Å². The van der Waals surface area contributed by atoms with E-state index in [1.165, 1.54) is 0 Å². The van der Waals surface area contributed by atoms with Crippen LogP contribution in [-0.4, -0.2) is 40.1 Å². The molecule has 1 rings (SSSR count). The van der Waals surface area contributed by atoms with Crippen LogP contribution in [0.4, 0.5) is 17.6 Å². The van der Waals surface area contributed by atoms with Gasteiger partial charge in [0.25, 0.3) is 0 Å². The molecule has 0 aliphatic heterocycles. The van der Waals surface area contributed by atoms with Gasteiger partial charge in [-0.1, -0.05) is 0 Å². The van der Waals surface area contributed by atoms with E-state index in [0.29, 0.717) is 0 Å². The predicted molar refractivity (Wildman–Crippen MR) is 64.3 cm³/mol. The van der Waals surface area contributed by atoms with Crippen LogP contribution >= 0.6 is 0 Å². The Hall–Kier alpha value is -1.35. The van der Waals surface area contributed by atoms with E-state index in [-0.39, 0.29) is 31.5 Å². The molecule has 0 radical (unpaired) electrons. The van der Waals surface area contributed by atoms with E-state index in [1.54, 1.807) is 0 Å². The first-order valence-corrected chi connectivity index (χ1v) is 7.62. The summed E-state index contributed by atoms with van der Waals surface area (Å²) in [4.78, 5) is 0. The zero-order valence-corrected chi connectivity index (χ0v) is 11.4. The number of benzene rings is 1. The summed E-state index contributed by atoms with van der Waals surface area (Å²) in [5.74, 6) is -7.56. The SMILES string of the molecule is CS(=O)(=O)CCNCCOc1c(F)c(F)cc(F)c1F. The zero-order chi connectivity index (χ0) is 15.3. The van der Waals surface area contributed by atoms with Gasteiger partial charge in [0.2, 0.25) is 11.6 Å². The van der Waals surface area contributed by atoms with E-state index in [0.717, 1.165) is 6.26 Å². The van der Waals surface area contributed by atoms with Gasteiger partial charge in [-0.3, -0.25) is 0 Å². The summed E-state index contributed by atoms with van der Waals surface area (Å²) in [5.41, 5.74) is 0. The van der Waals surface area contributed by atoms with Crippen LogP contribution in [0.1, 0.15) is 0 Å². The van der Waals surface area contributed by atoms with Gasteiger partial charge in [-0.2, -0.15) is 8.78 Å². The smallest absolute Gasteiger partial charge is 0.203 e. The number of hydrogen-bond acceptors (Lipinski definition) is 4. The van der Waals surface area contributed by atoms with Gasteiger partial charge in [0.15, 0.2) is 17.4 Å². The van der Waals surface area contributed by atoms with Gasteiger partial charge in [0, 0.05) is 25.4 Å². The van der Waals surface area contributed by atoms with Crippen LogP contribution in [0.2, 0.25) is 0 Å². The summed E-state index contributed by atoms with van der Waals surface area (Å²) in [6.07, 6.45) is 1.06. The Morgan fingerprint density at radius 1 is 1.10 bits per heavy atom. The molecule has 20 heavy (non-hydrogen) atoms. The first-order chi connectivity index (χ1) is 9.22. The number of ether oxygens (including phenoxy) is 1. The molecule has 1 N–H and O–H groups in total. The lowest BCUT2D eigenvalue weighted by molar-refractivity contribution is 0.271. The summed E-state index contributed by atoms with van der Waals surface area (Å²) in [7, 11) is -3.11. The molecule has 1 aromatic rings. The molecule has 0 atom stereocenters. The lowest BCUT2D eigenvalue weighted by atomic mass is 10.3. The van der Waals surface area contributed by atoms with E-state index in [2.05, 4.69) is 10.1 Å². The molecule has 0 aliphatic rings. The number of nitrogens with one attached hydrogen (secondary N) is 1. The minimum Gasteiger partial charge on any atom is -0.486 e. The summed E-state index contributed by atoms with van der Waals surface area (Å²) in [6, 6.07) is 0.0852. The molecule has 114 valence electrons. The number of sulfone groups is 1. The highest BCUT2D eigenvalue weighted by molar-refractivity contribution is 7.90. The molecule has 0 aliphatic carbocycles. The second-order valence-electron chi connectivity index (χ2n) is 4.03. The Bertz CT molecular complexity index is 551. The fourth-order valence-electron chi connectivity index (χ4n) is 1.29. The molecular weight excluding hydrogens is 302 g/mol. The van der Waals surface area contributed by atoms with E-state index in [4.69, 9.17) is 0 Å². The Labute approximate surface area is 113 Å². The van der Waals surface area contributed by atoms with Crippen molar-refractivity contribution in [3.63, 3.8) is 0 Å². The lowest BCUT2D eigenvalue weighted by Gasteiger charge is -2.10. The van der Waals surface area contributed by atoms with Crippen molar-refractivity contribution in [3.05, 3.63) is 29.3 Å². The molecule has 4 nitrogen and oxygen atoms in total. The van der Waals surface area contributed by atoms with Crippen LogP contribution in [0.25, 0.3) is 0 Å². The maximum atomic E-state index is 13.2. The Kier molecular flexibility index (Phi) is 5.75. The normalized spacial score (nSPS) is 11.7. The molecule has 0 amide bonds. The summed E-state index contributed by atoms with van der Waals surface area (Å²) in [6.45, 7) is -0.0856. The minimum absolute atomic E-state index is 0.0620. The van der Waals surface area contributed by atoms with Gasteiger partial charge < -0.3 is 10.1 Å². The first kappa shape index (κ1) is 16.7. The van der Waals surface area contributed by atoms with Crippen molar-refractivity contribution in [1.82, 2.24) is 5.32 Å². The van der Waals surface area contributed by atoms with Crippen LogP contribution in [0.3, 0.4) is 0 Å². The number of halogens is 4. The zero-order valence-electron chi connectivity index (χ0n) is 10.6. The Balaban J connectivity index is 2.47. The van der Waals surface area contributed by atoms with Crippen molar-refractivity contribution < 1.29 is 30.7 Å². The maximum Gasteiger partial charge on any atom is 0.203 e. The lowest BCUT2D eigenvalue weighted by Crippen LogP contribution is -2.27. The molecule has 1 aromatic carbocycles.